The van der Waals surface area contributed by atoms with Crippen LogP contribution in [0.5, 0.6) is 0 Å². The number of esters is 1. The second-order valence-corrected chi connectivity index (χ2v) is 9.80. The van der Waals surface area contributed by atoms with E-state index in [0.717, 1.165) is 14.2 Å². The summed E-state index contributed by atoms with van der Waals surface area (Å²) >= 11 is 0. The van der Waals surface area contributed by atoms with E-state index in [-0.39, 0.29) is 44.7 Å². The van der Waals surface area contributed by atoms with E-state index in [9.17, 15) is 13.2 Å². The van der Waals surface area contributed by atoms with E-state index in [0.29, 0.717) is 11.4 Å². The molecule has 0 bridgehead atoms. The molecule has 13 nitrogen and oxygen atoms in total. The number of ether oxygens (including phenoxy) is 1. The van der Waals surface area contributed by atoms with E-state index in [1.165, 1.54) is 18.2 Å². The Morgan fingerprint density at radius 2 is 1.44 bits per heavy atom. The third kappa shape index (κ3) is 6.46. The molecule has 41 heavy (non-hydrogen) atoms. The molecule has 3 aromatic rings. The molecule has 0 aromatic heterocycles. The number of allylic oxidation sites excluding steroid dienone is 1. The van der Waals surface area contributed by atoms with Crippen LogP contribution in [0.1, 0.15) is 0 Å². The van der Waals surface area contributed by atoms with Crippen molar-refractivity contribution in [1.82, 2.24) is 0 Å². The molecule has 4 N–H and O–H groups in total. The Balaban J connectivity index is 1.92. The molecule has 14 heteroatoms. The van der Waals surface area contributed by atoms with Gasteiger partial charge in [0.2, 0.25) is 0 Å². The maximum Gasteiger partial charge on any atom is 0.342 e. The molecule has 3 aromatic carbocycles. The van der Waals surface area contributed by atoms with Gasteiger partial charge in [0.05, 0.1) is 31.3 Å². The third-order valence-corrected chi connectivity index (χ3v) is 6.87. The first kappa shape index (κ1) is 28.7. The van der Waals surface area contributed by atoms with Gasteiger partial charge < -0.3 is 10.5 Å². The minimum absolute atomic E-state index is 0.0899. The van der Waals surface area contributed by atoms with E-state index in [2.05, 4.69) is 35.2 Å². The minimum Gasteiger partial charge on any atom is -0.465 e. The average molecular weight is 573 g/mol. The molecule has 0 radical (unpaired) electrons. The van der Waals surface area contributed by atoms with Crippen LogP contribution < -0.4 is 11.2 Å². The Kier molecular flexibility index (Phi) is 8.86. The van der Waals surface area contributed by atoms with E-state index in [1.54, 1.807) is 60.7 Å². The number of methoxy groups -OCH3 is 1. The molecule has 208 valence electrons. The highest BCUT2D eigenvalue weighted by Crippen LogP contribution is 2.31. The topological polar surface area (TPSA) is 193 Å². The number of carbonyl (C=O) groups excluding carboxylic acids is 1. The van der Waals surface area contributed by atoms with E-state index >= 15 is 0 Å². The highest BCUT2D eigenvalue weighted by molar-refractivity contribution is 7.87. The molecular formula is C27H24N8O5S. The fraction of sp³-hybridized carbons (Fsp3) is 0.0741. The lowest BCUT2D eigenvalue weighted by Gasteiger charge is -2.20. The Hall–Kier alpha value is -5.34. The van der Waals surface area contributed by atoms with Crippen LogP contribution in [-0.4, -0.2) is 40.0 Å². The number of carbonyl (C=O) groups is 1. The summed E-state index contributed by atoms with van der Waals surface area (Å²) in [6, 6.07) is 23.2. The van der Waals surface area contributed by atoms with Gasteiger partial charge in [-0.3, -0.25) is 15.0 Å². The molecule has 0 amide bonds. The summed E-state index contributed by atoms with van der Waals surface area (Å²) in [5.74, 6) is -0.919. The van der Waals surface area contributed by atoms with Crippen molar-refractivity contribution < 1.29 is 22.1 Å². The maximum atomic E-state index is 13.0. The van der Waals surface area contributed by atoms with Gasteiger partial charge in [0.25, 0.3) is 10.1 Å². The molecule has 0 saturated heterocycles. The fourth-order valence-electron chi connectivity index (χ4n) is 3.53. The monoisotopic (exact) mass is 572 g/mol. The third-order valence-electron chi connectivity index (χ3n) is 5.55. The number of nitrogens with one attached hydrogen (secondary N) is 2. The highest BCUT2D eigenvalue weighted by atomic mass is 32.2. The van der Waals surface area contributed by atoms with Gasteiger partial charge in [-0.1, -0.05) is 48.5 Å². The van der Waals surface area contributed by atoms with Crippen LogP contribution in [-0.2, 0) is 23.8 Å². The van der Waals surface area contributed by atoms with Crippen LogP contribution in [0.4, 0.5) is 17.1 Å². The molecule has 0 unspecified atom stereocenters. The molecule has 0 spiro atoms. The zero-order chi connectivity index (χ0) is 29.4. The van der Waals surface area contributed by atoms with Crippen molar-refractivity contribution in [2.24, 2.45) is 31.3 Å². The van der Waals surface area contributed by atoms with Crippen molar-refractivity contribution >= 4 is 44.6 Å². The normalized spacial score (nSPS) is 15.3. The molecule has 0 heterocycles. The number of nitrogens with zero attached hydrogens (tertiary/aromatic N) is 5. The number of hydrogen-bond acceptors (Lipinski definition) is 13. The Morgan fingerprint density at radius 3 is 2.10 bits per heavy atom. The minimum atomic E-state index is -4.14. The number of anilines is 1. The predicted molar refractivity (Wildman–Crippen MR) is 152 cm³/mol. The van der Waals surface area contributed by atoms with Crippen molar-refractivity contribution in [2.75, 3.05) is 19.6 Å². The second kappa shape index (κ2) is 12.7. The van der Waals surface area contributed by atoms with Gasteiger partial charge in [-0.2, -0.15) is 18.6 Å². The molecule has 1 aliphatic carbocycles. The first-order valence-corrected chi connectivity index (χ1v) is 13.3. The maximum absolute atomic E-state index is 13.0. The van der Waals surface area contributed by atoms with Gasteiger partial charge in [-0.25, -0.2) is 4.79 Å². The number of hydrogen-bond donors (Lipinski definition) is 3. The van der Waals surface area contributed by atoms with E-state index < -0.39 is 16.1 Å². The summed E-state index contributed by atoms with van der Waals surface area (Å²) in [4.78, 5) is 12.8. The Morgan fingerprint density at radius 1 is 0.829 bits per heavy atom. The van der Waals surface area contributed by atoms with Crippen molar-refractivity contribution in [3.05, 3.63) is 108 Å². The smallest absolute Gasteiger partial charge is 0.342 e. The van der Waals surface area contributed by atoms with Gasteiger partial charge in [0, 0.05) is 0 Å². The summed E-state index contributed by atoms with van der Waals surface area (Å²) < 4.78 is 34.4. The zero-order valence-corrected chi connectivity index (χ0v) is 22.7. The lowest BCUT2D eigenvalue weighted by molar-refractivity contribution is -0.135. The van der Waals surface area contributed by atoms with Gasteiger partial charge in [-0.05, 0) is 36.4 Å². The molecule has 0 atom stereocenters. The number of benzene rings is 3. The number of hydrazone groups is 1. The van der Waals surface area contributed by atoms with Gasteiger partial charge in [0.15, 0.2) is 0 Å². The summed E-state index contributed by atoms with van der Waals surface area (Å²) in [7, 11) is -1.99. The van der Waals surface area contributed by atoms with Crippen molar-refractivity contribution in [3.63, 3.8) is 0 Å². The Labute approximate surface area is 235 Å². The van der Waals surface area contributed by atoms with Gasteiger partial charge >= 0.3 is 5.97 Å². The van der Waals surface area contributed by atoms with Crippen molar-refractivity contribution in [2.45, 2.75) is 4.90 Å². The number of azo groups is 2. The number of para-hydroxylation sites is 1. The summed E-state index contributed by atoms with van der Waals surface area (Å²) in [6.45, 7) is 0. The molecule has 0 saturated carbocycles. The van der Waals surface area contributed by atoms with Crippen LogP contribution >= 0.6 is 0 Å². The van der Waals surface area contributed by atoms with Crippen molar-refractivity contribution in [3.8, 4) is 0 Å². The molecule has 1 aliphatic rings. The molecule has 0 fully saturated rings. The lowest BCUT2D eigenvalue weighted by Crippen LogP contribution is -2.32. The van der Waals surface area contributed by atoms with Crippen LogP contribution in [0, 0.1) is 5.41 Å². The van der Waals surface area contributed by atoms with Gasteiger partial charge in [-0.15, -0.1) is 15.3 Å². The first-order chi connectivity index (χ1) is 19.8. The number of nitrogens with two attached hydrogens (primary N) is 1. The lowest BCUT2D eigenvalue weighted by atomic mass is 9.93. The largest absolute Gasteiger partial charge is 0.465 e. The predicted octanol–water partition coefficient (Wildman–Crippen LogP) is 4.99. The summed E-state index contributed by atoms with van der Waals surface area (Å²) in [5, 5.41) is 29.6. The summed E-state index contributed by atoms with van der Waals surface area (Å²) in [6.07, 6.45) is 0. The van der Waals surface area contributed by atoms with Gasteiger partial charge in [0.1, 0.15) is 39.0 Å². The fourth-order valence-corrected chi connectivity index (χ4v) is 4.32. The van der Waals surface area contributed by atoms with E-state index in [1.807, 2.05) is 6.07 Å². The highest BCUT2D eigenvalue weighted by Gasteiger charge is 2.36. The molecule has 0 aliphatic heterocycles. The van der Waals surface area contributed by atoms with Crippen molar-refractivity contribution in [1.29, 1.82) is 5.41 Å². The van der Waals surface area contributed by atoms with Crippen LogP contribution in [0.3, 0.4) is 0 Å². The second-order valence-electron chi connectivity index (χ2n) is 8.11. The SMILES string of the molecule is COC(=O)C1=C(/N=N/c2ccccc2S(=O)(=O)OC)C(N)=C(/N=N/c2ccccc2)C(=N)/C1=N\Nc1ccccc1. The quantitative estimate of drug-likeness (QED) is 0.106. The molecular weight excluding hydrogens is 548 g/mol. The Bertz CT molecular complexity index is 1730. The number of rotatable bonds is 9. The van der Waals surface area contributed by atoms with Crippen LogP contribution in [0.15, 0.2) is 138 Å². The zero-order valence-electron chi connectivity index (χ0n) is 21.8. The summed E-state index contributed by atoms with van der Waals surface area (Å²) in [5.41, 5.74) is 8.66. The first-order valence-electron chi connectivity index (χ1n) is 11.9. The van der Waals surface area contributed by atoms with Crippen LogP contribution in [0.2, 0.25) is 0 Å². The standard InChI is InChI=1S/C27H24N8O5S/c1-39-27(36)21-24(33-30-17-11-5-3-6-12-17)22(28)26(35-31-18-13-7-4-8-14-18)23(29)25(21)34-32-19-15-9-10-16-20(19)41(37,38)40-2/h3-16,28,30H,29H2,1-2H3/b28-22?,33-24-,34-32+,35-31+. The molecule has 4 rings (SSSR count). The average Bonchev–Trinajstić information content (AvgIpc) is 3.00. The van der Waals surface area contributed by atoms with E-state index in [4.69, 9.17) is 15.9 Å². The van der Waals surface area contributed by atoms with Crippen LogP contribution in [0.25, 0.3) is 0 Å².